The second kappa shape index (κ2) is 9.08. The molecule has 0 saturated carbocycles. The van der Waals surface area contributed by atoms with Crippen molar-refractivity contribution in [3.63, 3.8) is 0 Å². The highest BCUT2D eigenvalue weighted by atomic mass is 19.4. The van der Waals surface area contributed by atoms with Gasteiger partial charge in [-0.15, -0.1) is 0 Å². The Hall–Kier alpha value is -2.88. The topological polar surface area (TPSA) is 70.6 Å². The zero-order valence-corrected chi connectivity index (χ0v) is 15.9. The fourth-order valence-electron chi connectivity index (χ4n) is 2.90. The zero-order chi connectivity index (χ0) is 20.9. The molecule has 1 amide bonds. The summed E-state index contributed by atoms with van der Waals surface area (Å²) in [6.45, 7) is 2.45. The molecule has 0 unspecified atom stereocenters. The number of alkyl halides is 3. The normalized spacial score (nSPS) is 15.2. The van der Waals surface area contributed by atoms with Crippen molar-refractivity contribution in [2.24, 2.45) is 0 Å². The first kappa shape index (κ1) is 20.8. The maximum atomic E-state index is 12.4. The van der Waals surface area contributed by atoms with Gasteiger partial charge in [-0.25, -0.2) is 9.97 Å². The average molecular weight is 409 g/mol. The van der Waals surface area contributed by atoms with Gasteiger partial charge in [-0.3, -0.25) is 4.79 Å². The van der Waals surface area contributed by atoms with E-state index in [1.54, 1.807) is 6.20 Å². The van der Waals surface area contributed by atoms with Crippen molar-refractivity contribution in [1.29, 1.82) is 0 Å². The summed E-state index contributed by atoms with van der Waals surface area (Å²) >= 11 is 0. The highest BCUT2D eigenvalue weighted by molar-refractivity contribution is 5.93. The average Bonchev–Trinajstić information content (AvgIpc) is 2.71. The quantitative estimate of drug-likeness (QED) is 0.788. The van der Waals surface area contributed by atoms with Crippen LogP contribution in [0.15, 0.2) is 36.7 Å². The molecule has 1 aliphatic heterocycles. The zero-order valence-electron chi connectivity index (χ0n) is 15.9. The van der Waals surface area contributed by atoms with Gasteiger partial charge < -0.3 is 19.9 Å². The second-order valence-corrected chi connectivity index (χ2v) is 6.75. The van der Waals surface area contributed by atoms with Crippen molar-refractivity contribution < 1.29 is 22.7 Å². The van der Waals surface area contributed by atoms with E-state index in [9.17, 15) is 18.0 Å². The van der Waals surface area contributed by atoms with Crippen LogP contribution in [-0.4, -0.2) is 66.8 Å². The van der Waals surface area contributed by atoms with Gasteiger partial charge in [0.1, 0.15) is 5.82 Å². The van der Waals surface area contributed by atoms with Gasteiger partial charge in [0.15, 0.2) is 6.61 Å². The maximum absolute atomic E-state index is 12.4. The minimum absolute atomic E-state index is 0.191. The predicted molar refractivity (Wildman–Crippen MR) is 101 cm³/mol. The molecule has 0 aromatic carbocycles. The van der Waals surface area contributed by atoms with Gasteiger partial charge in [-0.1, -0.05) is 6.07 Å². The van der Waals surface area contributed by atoms with Crippen molar-refractivity contribution in [2.45, 2.75) is 12.7 Å². The highest BCUT2D eigenvalue weighted by Gasteiger charge is 2.28. The van der Waals surface area contributed by atoms with E-state index >= 15 is 0 Å². The van der Waals surface area contributed by atoms with Crippen molar-refractivity contribution >= 4 is 11.7 Å². The van der Waals surface area contributed by atoms with Gasteiger partial charge in [-0.05, 0) is 19.2 Å². The van der Waals surface area contributed by atoms with Crippen LogP contribution >= 0.6 is 0 Å². The molecule has 3 rings (SSSR count). The van der Waals surface area contributed by atoms with E-state index in [0.717, 1.165) is 37.6 Å². The Morgan fingerprint density at radius 1 is 1.17 bits per heavy atom. The van der Waals surface area contributed by atoms with Crippen molar-refractivity contribution in [3.05, 3.63) is 47.8 Å². The fourth-order valence-corrected chi connectivity index (χ4v) is 2.90. The number of nitrogens with one attached hydrogen (secondary N) is 1. The predicted octanol–water partition coefficient (Wildman–Crippen LogP) is 2.10. The highest BCUT2D eigenvalue weighted by Crippen LogP contribution is 2.19. The molecular weight excluding hydrogens is 387 g/mol. The van der Waals surface area contributed by atoms with Gasteiger partial charge in [-0.2, -0.15) is 13.2 Å². The molecule has 0 aliphatic carbocycles. The van der Waals surface area contributed by atoms with E-state index in [-0.39, 0.29) is 23.9 Å². The summed E-state index contributed by atoms with van der Waals surface area (Å²) < 4.78 is 41.0. The van der Waals surface area contributed by atoms with Crippen LogP contribution in [-0.2, 0) is 6.54 Å². The summed E-state index contributed by atoms with van der Waals surface area (Å²) in [6, 6.07) is 6.34. The number of carbonyl (C=O) groups excluding carboxylic acids is 1. The van der Waals surface area contributed by atoms with Gasteiger partial charge in [0.25, 0.3) is 5.91 Å². The number of aromatic nitrogens is 2. The molecule has 156 valence electrons. The Morgan fingerprint density at radius 3 is 2.59 bits per heavy atom. The first-order chi connectivity index (χ1) is 13.8. The van der Waals surface area contributed by atoms with Crippen molar-refractivity contribution in [2.75, 3.05) is 44.7 Å². The summed E-state index contributed by atoms with van der Waals surface area (Å²) in [5.74, 6) is 0.270. The molecule has 3 heterocycles. The lowest BCUT2D eigenvalue weighted by molar-refractivity contribution is -0.154. The Labute approximate surface area is 166 Å². The summed E-state index contributed by atoms with van der Waals surface area (Å²) in [6.07, 6.45) is -1.53. The number of amides is 1. The molecule has 0 atom stereocenters. The third-order valence-corrected chi connectivity index (χ3v) is 4.49. The summed E-state index contributed by atoms with van der Waals surface area (Å²) in [7, 11) is 2.07. The van der Waals surface area contributed by atoms with E-state index in [1.807, 2.05) is 12.1 Å². The molecule has 1 fully saturated rings. The van der Waals surface area contributed by atoms with Gasteiger partial charge in [0, 0.05) is 56.7 Å². The van der Waals surface area contributed by atoms with Gasteiger partial charge in [0.05, 0.1) is 5.56 Å². The minimum Gasteiger partial charge on any atom is -0.468 e. The Kier molecular flexibility index (Phi) is 6.53. The molecule has 2 aromatic rings. The van der Waals surface area contributed by atoms with Crippen LogP contribution in [0, 0.1) is 0 Å². The fraction of sp³-hybridized carbons (Fsp3) is 0.421. The second-order valence-electron chi connectivity index (χ2n) is 6.75. The number of pyridine rings is 2. The lowest BCUT2D eigenvalue weighted by atomic mass is 10.2. The molecular formula is C19H22F3N5O2. The van der Waals surface area contributed by atoms with Crippen LogP contribution < -0.4 is 15.0 Å². The van der Waals surface area contributed by atoms with Crippen molar-refractivity contribution in [3.8, 4) is 5.88 Å². The molecule has 29 heavy (non-hydrogen) atoms. The van der Waals surface area contributed by atoms with Crippen LogP contribution in [0.2, 0.25) is 0 Å². The first-order valence-electron chi connectivity index (χ1n) is 9.13. The maximum Gasteiger partial charge on any atom is 0.422 e. The molecule has 1 N–H and O–H groups in total. The third-order valence-electron chi connectivity index (χ3n) is 4.49. The van der Waals surface area contributed by atoms with Gasteiger partial charge >= 0.3 is 6.18 Å². The van der Waals surface area contributed by atoms with Crippen molar-refractivity contribution in [1.82, 2.24) is 20.2 Å². The number of nitrogens with zero attached hydrogens (tertiary/aromatic N) is 4. The van der Waals surface area contributed by atoms with Crippen LogP contribution in [0.3, 0.4) is 0 Å². The number of halogens is 3. The standard InChI is InChI=1S/C19H22F3N5O2/c1-26-7-9-27(10-8-26)17-14(3-2-6-23-17)11-25-18(28)15-4-5-16(24-12-15)29-13-19(20,21)22/h2-6,12H,7-11,13H2,1H3,(H,25,28). The number of hydrogen-bond donors (Lipinski definition) is 1. The van der Waals surface area contributed by atoms with E-state index in [2.05, 4.69) is 36.9 Å². The third kappa shape index (κ3) is 6.05. The smallest absolute Gasteiger partial charge is 0.422 e. The number of hydrogen-bond acceptors (Lipinski definition) is 6. The molecule has 0 radical (unpaired) electrons. The van der Waals surface area contributed by atoms with E-state index in [1.165, 1.54) is 18.3 Å². The summed E-state index contributed by atoms with van der Waals surface area (Å²) in [5, 5.41) is 2.80. The summed E-state index contributed by atoms with van der Waals surface area (Å²) in [4.78, 5) is 25.0. The molecule has 2 aromatic heterocycles. The number of likely N-dealkylation sites (N-methyl/N-ethyl adjacent to an activating group) is 1. The van der Waals surface area contributed by atoms with Gasteiger partial charge in [0.2, 0.25) is 5.88 Å². The number of anilines is 1. The van der Waals surface area contributed by atoms with Crippen LogP contribution in [0.5, 0.6) is 5.88 Å². The Balaban J connectivity index is 1.58. The lowest BCUT2D eigenvalue weighted by Crippen LogP contribution is -2.45. The van der Waals surface area contributed by atoms with E-state index in [4.69, 9.17) is 0 Å². The van der Waals surface area contributed by atoms with E-state index < -0.39 is 12.8 Å². The number of rotatable bonds is 6. The number of carbonyl (C=O) groups is 1. The van der Waals surface area contributed by atoms with Crippen LogP contribution in [0.1, 0.15) is 15.9 Å². The molecule has 7 nitrogen and oxygen atoms in total. The monoisotopic (exact) mass is 409 g/mol. The molecule has 0 spiro atoms. The number of piperazine rings is 1. The summed E-state index contributed by atoms with van der Waals surface area (Å²) in [5.41, 5.74) is 1.12. The lowest BCUT2D eigenvalue weighted by Gasteiger charge is -2.34. The minimum atomic E-state index is -4.44. The van der Waals surface area contributed by atoms with E-state index in [0.29, 0.717) is 0 Å². The largest absolute Gasteiger partial charge is 0.468 e. The van der Waals surface area contributed by atoms with Crippen LogP contribution in [0.4, 0.5) is 19.0 Å². The SMILES string of the molecule is CN1CCN(c2ncccc2CNC(=O)c2ccc(OCC(F)(F)F)nc2)CC1. The first-order valence-corrected chi connectivity index (χ1v) is 9.13. The Bertz CT molecular complexity index is 821. The molecule has 10 heteroatoms. The number of ether oxygens (including phenoxy) is 1. The molecule has 1 aliphatic rings. The van der Waals surface area contributed by atoms with Crippen LogP contribution in [0.25, 0.3) is 0 Å². The molecule has 0 bridgehead atoms. The Morgan fingerprint density at radius 2 is 1.93 bits per heavy atom. The molecule has 1 saturated heterocycles.